The quantitative estimate of drug-likeness (QED) is 0.396. The number of carbonyl (C=O) groups excluding carboxylic acids is 1. The highest BCUT2D eigenvalue weighted by Crippen LogP contribution is 2.28. The molecule has 0 spiro atoms. The fourth-order valence-electron chi connectivity index (χ4n) is 3.67. The molecular formula is C27H25FN4O5. The highest BCUT2D eigenvalue weighted by Gasteiger charge is 2.21. The van der Waals surface area contributed by atoms with Crippen LogP contribution in [0.3, 0.4) is 0 Å². The number of rotatable bonds is 8. The van der Waals surface area contributed by atoms with Gasteiger partial charge in [0.05, 0.1) is 26.5 Å². The van der Waals surface area contributed by atoms with Crippen molar-refractivity contribution in [1.82, 2.24) is 19.7 Å². The molecule has 9 nitrogen and oxygen atoms in total. The van der Waals surface area contributed by atoms with Crippen LogP contribution >= 0.6 is 0 Å². The van der Waals surface area contributed by atoms with E-state index in [9.17, 15) is 18.8 Å². The van der Waals surface area contributed by atoms with E-state index >= 15 is 0 Å². The van der Waals surface area contributed by atoms with E-state index in [1.165, 1.54) is 44.6 Å². The van der Waals surface area contributed by atoms with Crippen LogP contribution in [0.15, 0.2) is 76.3 Å². The Bertz CT molecular complexity index is 1540. The molecular weight excluding hydrogens is 479 g/mol. The summed E-state index contributed by atoms with van der Waals surface area (Å²) >= 11 is 0. The predicted molar refractivity (Wildman–Crippen MR) is 135 cm³/mol. The highest BCUT2D eigenvalue weighted by atomic mass is 19.1. The topological polar surface area (TPSA) is 104 Å². The molecule has 0 unspecified atom stereocenters. The van der Waals surface area contributed by atoms with Crippen LogP contribution in [-0.2, 0) is 13.1 Å². The summed E-state index contributed by atoms with van der Waals surface area (Å²) in [4.78, 5) is 39.8. The van der Waals surface area contributed by atoms with E-state index < -0.39 is 28.7 Å². The molecule has 0 aliphatic heterocycles. The summed E-state index contributed by atoms with van der Waals surface area (Å²) in [7, 11) is 2.93. The van der Waals surface area contributed by atoms with Gasteiger partial charge in [-0.2, -0.15) is 9.78 Å². The van der Waals surface area contributed by atoms with Gasteiger partial charge >= 0.3 is 5.69 Å². The minimum absolute atomic E-state index is 0.0354. The molecule has 0 atom stereocenters. The molecule has 0 saturated heterocycles. The second-order valence-corrected chi connectivity index (χ2v) is 8.27. The van der Waals surface area contributed by atoms with Crippen molar-refractivity contribution in [3.63, 3.8) is 0 Å². The van der Waals surface area contributed by atoms with Crippen molar-refractivity contribution in [3.8, 4) is 17.2 Å². The maximum atomic E-state index is 13.4. The molecule has 1 amide bonds. The fraction of sp³-hybridized carbons (Fsp3) is 0.185. The number of hydrogen-bond acceptors (Lipinski definition) is 6. The molecule has 0 saturated carbocycles. The molecule has 0 radical (unpaired) electrons. The van der Waals surface area contributed by atoms with Gasteiger partial charge in [0.2, 0.25) is 5.69 Å². The summed E-state index contributed by atoms with van der Waals surface area (Å²) < 4.78 is 25.7. The zero-order chi connectivity index (χ0) is 26.5. The molecule has 0 aliphatic rings. The Morgan fingerprint density at radius 1 is 0.919 bits per heavy atom. The minimum atomic E-state index is -0.834. The van der Waals surface area contributed by atoms with Gasteiger partial charge in [-0.25, -0.2) is 9.18 Å². The smallest absolute Gasteiger partial charge is 0.352 e. The van der Waals surface area contributed by atoms with Crippen molar-refractivity contribution in [3.05, 3.63) is 116 Å². The van der Waals surface area contributed by atoms with Crippen LogP contribution in [0.1, 0.15) is 27.2 Å². The third-order valence-corrected chi connectivity index (χ3v) is 5.71. The third kappa shape index (κ3) is 5.58. The van der Waals surface area contributed by atoms with Crippen LogP contribution in [0.25, 0.3) is 5.69 Å². The van der Waals surface area contributed by atoms with E-state index in [0.717, 1.165) is 14.8 Å². The van der Waals surface area contributed by atoms with E-state index in [1.54, 1.807) is 24.3 Å². The predicted octanol–water partition coefficient (Wildman–Crippen LogP) is 2.84. The largest absolute Gasteiger partial charge is 0.493 e. The van der Waals surface area contributed by atoms with Crippen LogP contribution < -0.4 is 26.0 Å². The van der Waals surface area contributed by atoms with E-state index in [4.69, 9.17) is 9.47 Å². The van der Waals surface area contributed by atoms with Gasteiger partial charge in [-0.1, -0.05) is 42.0 Å². The van der Waals surface area contributed by atoms with E-state index in [0.29, 0.717) is 22.6 Å². The summed E-state index contributed by atoms with van der Waals surface area (Å²) in [5.74, 6) is -0.407. The normalized spacial score (nSPS) is 10.7. The SMILES string of the molecule is COc1ccc(-n2nc(C(=O)NCc3ccc(F)cc3)c(=O)n(Cc3ccc(C)cc3)c2=O)cc1OC. The Labute approximate surface area is 211 Å². The lowest BCUT2D eigenvalue weighted by atomic mass is 10.1. The molecule has 1 aromatic heterocycles. The molecule has 4 aromatic rings. The molecule has 10 heteroatoms. The number of benzene rings is 3. The van der Waals surface area contributed by atoms with E-state index in [2.05, 4.69) is 10.4 Å². The number of ether oxygens (including phenoxy) is 2. The lowest BCUT2D eigenvalue weighted by Gasteiger charge is -2.14. The Kier molecular flexibility index (Phi) is 7.47. The van der Waals surface area contributed by atoms with Gasteiger partial charge in [-0.15, -0.1) is 0 Å². The molecule has 1 heterocycles. The van der Waals surface area contributed by atoms with Gasteiger partial charge in [0.1, 0.15) is 5.82 Å². The second kappa shape index (κ2) is 10.9. The molecule has 0 bridgehead atoms. The summed E-state index contributed by atoms with van der Waals surface area (Å²) in [6.07, 6.45) is 0. The number of methoxy groups -OCH3 is 2. The van der Waals surface area contributed by atoms with Crippen molar-refractivity contribution in [1.29, 1.82) is 0 Å². The first-order valence-electron chi connectivity index (χ1n) is 11.4. The highest BCUT2D eigenvalue weighted by molar-refractivity contribution is 5.91. The molecule has 190 valence electrons. The second-order valence-electron chi connectivity index (χ2n) is 8.27. The average molecular weight is 505 g/mol. The number of hydrogen-bond donors (Lipinski definition) is 1. The summed E-state index contributed by atoms with van der Waals surface area (Å²) in [6.45, 7) is 1.90. The van der Waals surface area contributed by atoms with Gasteiger partial charge in [0.15, 0.2) is 11.5 Å². The zero-order valence-corrected chi connectivity index (χ0v) is 20.5. The summed E-state index contributed by atoms with van der Waals surface area (Å²) in [5, 5.41) is 6.73. The van der Waals surface area contributed by atoms with Crippen LogP contribution in [0.2, 0.25) is 0 Å². The minimum Gasteiger partial charge on any atom is -0.493 e. The van der Waals surface area contributed by atoms with Gasteiger partial charge in [-0.3, -0.25) is 14.2 Å². The van der Waals surface area contributed by atoms with Crippen LogP contribution in [-0.4, -0.2) is 34.5 Å². The summed E-state index contributed by atoms with van der Waals surface area (Å²) in [6, 6.07) is 17.6. The van der Waals surface area contributed by atoms with Crippen molar-refractivity contribution in [2.24, 2.45) is 0 Å². The van der Waals surface area contributed by atoms with Gasteiger partial charge in [0.25, 0.3) is 11.5 Å². The number of carbonyl (C=O) groups is 1. The number of amides is 1. The first-order chi connectivity index (χ1) is 17.8. The van der Waals surface area contributed by atoms with Crippen molar-refractivity contribution in [2.75, 3.05) is 14.2 Å². The van der Waals surface area contributed by atoms with E-state index in [1.807, 2.05) is 19.1 Å². The summed E-state index contributed by atoms with van der Waals surface area (Å²) in [5.41, 5.74) is 0.591. The maximum absolute atomic E-state index is 13.4. The first kappa shape index (κ1) is 25.4. The third-order valence-electron chi connectivity index (χ3n) is 5.71. The number of nitrogens with zero attached hydrogens (tertiary/aromatic N) is 3. The van der Waals surface area contributed by atoms with Crippen molar-refractivity contribution < 1.29 is 18.7 Å². The lowest BCUT2D eigenvalue weighted by molar-refractivity contribution is 0.0941. The average Bonchev–Trinajstić information content (AvgIpc) is 2.91. The molecule has 1 N–H and O–H groups in total. The van der Waals surface area contributed by atoms with Crippen molar-refractivity contribution in [2.45, 2.75) is 20.0 Å². The van der Waals surface area contributed by atoms with Gasteiger partial charge in [-0.05, 0) is 42.3 Å². The number of aromatic nitrogens is 3. The van der Waals surface area contributed by atoms with Crippen LogP contribution in [0, 0.1) is 12.7 Å². The Morgan fingerprint density at radius 2 is 1.57 bits per heavy atom. The van der Waals surface area contributed by atoms with Crippen LogP contribution in [0.4, 0.5) is 4.39 Å². The van der Waals surface area contributed by atoms with Crippen molar-refractivity contribution >= 4 is 5.91 Å². The Morgan fingerprint density at radius 3 is 2.22 bits per heavy atom. The monoisotopic (exact) mass is 504 g/mol. The van der Waals surface area contributed by atoms with Crippen LogP contribution in [0.5, 0.6) is 11.5 Å². The maximum Gasteiger partial charge on any atom is 0.352 e. The van der Waals surface area contributed by atoms with Gasteiger partial charge < -0.3 is 14.8 Å². The first-order valence-corrected chi connectivity index (χ1v) is 11.4. The molecule has 0 fully saturated rings. The molecule has 0 aliphatic carbocycles. The lowest BCUT2D eigenvalue weighted by Crippen LogP contribution is -2.46. The number of halogens is 1. The van der Waals surface area contributed by atoms with E-state index in [-0.39, 0.29) is 18.8 Å². The fourth-order valence-corrected chi connectivity index (χ4v) is 3.67. The standard InChI is InChI=1S/C27H25FN4O5/c1-17-4-6-19(7-5-17)16-31-26(34)24(25(33)29-15-18-8-10-20(28)11-9-18)30-32(27(31)35)21-12-13-22(36-2)23(14-21)37-3/h4-14H,15-16H2,1-3H3,(H,29,33). The molecule has 3 aromatic carbocycles. The number of aryl methyl sites for hydroxylation is 1. The van der Waals surface area contributed by atoms with Gasteiger partial charge in [0, 0.05) is 12.6 Å². The Hall–Kier alpha value is -4.73. The molecule has 37 heavy (non-hydrogen) atoms. The zero-order valence-electron chi connectivity index (χ0n) is 20.5. The Balaban J connectivity index is 1.79. The molecule has 4 rings (SSSR count). The number of nitrogens with one attached hydrogen (secondary N) is 1.